The molecule has 0 bridgehead atoms. The Kier molecular flexibility index (Phi) is 5.97. The van der Waals surface area contributed by atoms with Crippen molar-refractivity contribution in [3.63, 3.8) is 0 Å². The number of anilines is 1. The van der Waals surface area contributed by atoms with Crippen molar-refractivity contribution in [3.8, 4) is 5.75 Å². The molecule has 1 aliphatic rings. The molecular weight excluding hydrogens is 322 g/mol. The van der Waals surface area contributed by atoms with E-state index in [1.165, 1.54) is 6.42 Å². The number of hydrogen-bond donors (Lipinski definition) is 1. The predicted molar refractivity (Wildman–Crippen MR) is 107 cm³/mol. The van der Waals surface area contributed by atoms with Crippen LogP contribution in [0.1, 0.15) is 57.9 Å². The van der Waals surface area contributed by atoms with E-state index in [0.717, 1.165) is 49.1 Å². The molecule has 0 spiro atoms. The standard InChI is InChI=1S/C23H29NO2/c1-3-18(2)26-21-14-12-20(13-15-21)24-22(25)23(16-8-5-9-17-23)19-10-6-4-7-11-19/h4,6-7,10-15,18H,3,5,8-9,16-17H2,1-2H3,(H,24,25)/t18-/m1/s1. The number of carbonyl (C=O) groups is 1. The van der Waals surface area contributed by atoms with Gasteiger partial charge >= 0.3 is 0 Å². The number of amides is 1. The maximum Gasteiger partial charge on any atom is 0.235 e. The van der Waals surface area contributed by atoms with Crippen LogP contribution in [-0.2, 0) is 10.2 Å². The van der Waals surface area contributed by atoms with Gasteiger partial charge in [0.05, 0.1) is 11.5 Å². The van der Waals surface area contributed by atoms with Crippen molar-refractivity contribution in [2.24, 2.45) is 0 Å². The van der Waals surface area contributed by atoms with Crippen molar-refractivity contribution in [1.82, 2.24) is 0 Å². The van der Waals surface area contributed by atoms with Crippen molar-refractivity contribution in [1.29, 1.82) is 0 Å². The topological polar surface area (TPSA) is 38.3 Å². The van der Waals surface area contributed by atoms with Gasteiger partial charge in [0.2, 0.25) is 5.91 Å². The molecule has 0 radical (unpaired) electrons. The van der Waals surface area contributed by atoms with Crippen LogP contribution in [0.4, 0.5) is 5.69 Å². The summed E-state index contributed by atoms with van der Waals surface area (Å²) in [5.41, 5.74) is 1.55. The first-order valence-corrected chi connectivity index (χ1v) is 9.78. The summed E-state index contributed by atoms with van der Waals surface area (Å²) in [4.78, 5) is 13.3. The Morgan fingerprint density at radius 2 is 1.69 bits per heavy atom. The lowest BCUT2D eigenvalue weighted by molar-refractivity contribution is -0.122. The van der Waals surface area contributed by atoms with E-state index in [1.54, 1.807) is 0 Å². The molecule has 0 heterocycles. The molecule has 3 heteroatoms. The van der Waals surface area contributed by atoms with Crippen molar-refractivity contribution >= 4 is 11.6 Å². The van der Waals surface area contributed by atoms with Gasteiger partial charge in [-0.05, 0) is 56.0 Å². The van der Waals surface area contributed by atoms with E-state index in [2.05, 4.69) is 31.3 Å². The highest BCUT2D eigenvalue weighted by Gasteiger charge is 2.40. The molecule has 1 N–H and O–H groups in total. The zero-order chi connectivity index (χ0) is 18.4. The fraction of sp³-hybridized carbons (Fsp3) is 0.435. The van der Waals surface area contributed by atoms with Crippen LogP contribution in [-0.4, -0.2) is 12.0 Å². The molecule has 0 unspecified atom stereocenters. The lowest BCUT2D eigenvalue weighted by Gasteiger charge is -2.36. The summed E-state index contributed by atoms with van der Waals surface area (Å²) >= 11 is 0. The van der Waals surface area contributed by atoms with Crippen LogP contribution in [0, 0.1) is 0 Å². The van der Waals surface area contributed by atoms with Gasteiger partial charge in [-0.3, -0.25) is 4.79 Å². The SMILES string of the molecule is CC[C@@H](C)Oc1ccc(NC(=O)C2(c3ccccc3)CCCCC2)cc1. The first-order chi connectivity index (χ1) is 12.6. The molecule has 26 heavy (non-hydrogen) atoms. The number of carbonyl (C=O) groups excluding carboxylic acids is 1. The van der Waals surface area contributed by atoms with Gasteiger partial charge in [-0.15, -0.1) is 0 Å². The van der Waals surface area contributed by atoms with E-state index in [1.807, 2.05) is 42.5 Å². The molecule has 1 amide bonds. The van der Waals surface area contributed by atoms with E-state index in [0.29, 0.717) is 0 Å². The monoisotopic (exact) mass is 351 g/mol. The minimum atomic E-state index is -0.411. The van der Waals surface area contributed by atoms with Crippen LogP contribution in [0.15, 0.2) is 54.6 Å². The van der Waals surface area contributed by atoms with Crippen LogP contribution < -0.4 is 10.1 Å². The Hall–Kier alpha value is -2.29. The molecule has 2 aromatic rings. The Morgan fingerprint density at radius 1 is 1.04 bits per heavy atom. The Labute approximate surface area is 156 Å². The van der Waals surface area contributed by atoms with E-state index in [-0.39, 0.29) is 12.0 Å². The summed E-state index contributed by atoms with van der Waals surface area (Å²) in [6.45, 7) is 4.16. The quantitative estimate of drug-likeness (QED) is 0.724. The van der Waals surface area contributed by atoms with Crippen LogP contribution in [0.5, 0.6) is 5.75 Å². The van der Waals surface area contributed by atoms with Crippen LogP contribution in [0.3, 0.4) is 0 Å². The Bertz CT molecular complexity index is 703. The second-order valence-corrected chi connectivity index (χ2v) is 7.32. The summed E-state index contributed by atoms with van der Waals surface area (Å²) in [6.07, 6.45) is 6.41. The molecule has 0 aromatic heterocycles. The molecule has 3 rings (SSSR count). The first kappa shape index (κ1) is 18.5. The molecule has 1 fully saturated rings. The minimum absolute atomic E-state index is 0.110. The number of nitrogens with one attached hydrogen (secondary N) is 1. The molecule has 1 aliphatic carbocycles. The number of ether oxygens (including phenoxy) is 1. The third-order valence-electron chi connectivity index (χ3n) is 5.49. The first-order valence-electron chi connectivity index (χ1n) is 9.78. The molecule has 1 saturated carbocycles. The summed E-state index contributed by atoms with van der Waals surface area (Å²) in [5.74, 6) is 0.951. The van der Waals surface area contributed by atoms with Gasteiger partial charge in [-0.1, -0.05) is 56.5 Å². The third kappa shape index (κ3) is 4.09. The van der Waals surface area contributed by atoms with Gasteiger partial charge in [0.15, 0.2) is 0 Å². The van der Waals surface area contributed by atoms with Crippen LogP contribution in [0.2, 0.25) is 0 Å². The second-order valence-electron chi connectivity index (χ2n) is 7.32. The molecule has 1 atom stereocenters. The Morgan fingerprint density at radius 3 is 2.31 bits per heavy atom. The van der Waals surface area contributed by atoms with Crippen molar-refractivity contribution < 1.29 is 9.53 Å². The molecule has 138 valence electrons. The number of rotatable bonds is 6. The van der Waals surface area contributed by atoms with Gasteiger partial charge in [-0.2, -0.15) is 0 Å². The number of hydrogen-bond acceptors (Lipinski definition) is 2. The largest absolute Gasteiger partial charge is 0.491 e. The zero-order valence-corrected chi connectivity index (χ0v) is 15.8. The van der Waals surface area contributed by atoms with Crippen LogP contribution >= 0.6 is 0 Å². The lowest BCUT2D eigenvalue weighted by atomic mass is 9.68. The minimum Gasteiger partial charge on any atom is -0.491 e. The summed E-state index contributed by atoms with van der Waals surface area (Å²) in [7, 11) is 0. The normalized spacial score (nSPS) is 17.3. The summed E-state index contributed by atoms with van der Waals surface area (Å²) in [6, 6.07) is 18.0. The fourth-order valence-corrected chi connectivity index (χ4v) is 3.74. The highest BCUT2D eigenvalue weighted by Crippen LogP contribution is 2.40. The molecule has 0 saturated heterocycles. The highest BCUT2D eigenvalue weighted by atomic mass is 16.5. The fourth-order valence-electron chi connectivity index (χ4n) is 3.74. The van der Waals surface area contributed by atoms with Gasteiger partial charge in [-0.25, -0.2) is 0 Å². The van der Waals surface area contributed by atoms with Crippen molar-refractivity contribution in [3.05, 3.63) is 60.2 Å². The van der Waals surface area contributed by atoms with Gasteiger partial charge < -0.3 is 10.1 Å². The molecule has 0 aliphatic heterocycles. The second kappa shape index (κ2) is 8.39. The maximum absolute atomic E-state index is 13.3. The van der Waals surface area contributed by atoms with Crippen molar-refractivity contribution in [2.75, 3.05) is 5.32 Å². The Balaban J connectivity index is 1.76. The van der Waals surface area contributed by atoms with E-state index >= 15 is 0 Å². The highest BCUT2D eigenvalue weighted by molar-refractivity contribution is 5.99. The van der Waals surface area contributed by atoms with Gasteiger partial charge in [0.1, 0.15) is 5.75 Å². The van der Waals surface area contributed by atoms with Gasteiger partial charge in [0.25, 0.3) is 0 Å². The van der Waals surface area contributed by atoms with Crippen molar-refractivity contribution in [2.45, 2.75) is 63.9 Å². The average Bonchev–Trinajstić information content (AvgIpc) is 2.70. The lowest BCUT2D eigenvalue weighted by Crippen LogP contribution is -2.42. The van der Waals surface area contributed by atoms with Gasteiger partial charge in [0, 0.05) is 5.69 Å². The van der Waals surface area contributed by atoms with E-state index < -0.39 is 5.41 Å². The average molecular weight is 351 g/mol. The smallest absolute Gasteiger partial charge is 0.235 e. The number of benzene rings is 2. The zero-order valence-electron chi connectivity index (χ0n) is 15.8. The molecule has 2 aromatic carbocycles. The maximum atomic E-state index is 13.3. The summed E-state index contributed by atoms with van der Waals surface area (Å²) in [5, 5.41) is 3.15. The molecule has 3 nitrogen and oxygen atoms in total. The van der Waals surface area contributed by atoms with E-state index in [9.17, 15) is 4.79 Å². The van der Waals surface area contributed by atoms with Crippen LogP contribution in [0.25, 0.3) is 0 Å². The predicted octanol–water partition coefficient (Wildman–Crippen LogP) is 5.70. The third-order valence-corrected chi connectivity index (χ3v) is 5.49. The molecular formula is C23H29NO2. The summed E-state index contributed by atoms with van der Waals surface area (Å²) < 4.78 is 5.82. The van der Waals surface area contributed by atoms with E-state index in [4.69, 9.17) is 4.74 Å².